The Bertz CT molecular complexity index is 969. The number of fused-ring (bicyclic) bond motifs is 1. The van der Waals surface area contributed by atoms with Crippen LogP contribution in [0.4, 0.5) is 5.69 Å². The van der Waals surface area contributed by atoms with Gasteiger partial charge in [0.1, 0.15) is 0 Å². The molecule has 2 unspecified atom stereocenters. The molecule has 3 rings (SSSR count). The molecule has 1 aliphatic heterocycles. The molecule has 1 heterocycles. The van der Waals surface area contributed by atoms with Crippen LogP contribution in [0.15, 0.2) is 92.1 Å². The van der Waals surface area contributed by atoms with E-state index in [0.29, 0.717) is 5.71 Å². The molecule has 35 heavy (non-hydrogen) atoms. The number of benzene rings is 2. The van der Waals surface area contributed by atoms with Crippen LogP contribution in [-0.2, 0) is 13.0 Å². The van der Waals surface area contributed by atoms with Gasteiger partial charge < -0.3 is 16.0 Å². The van der Waals surface area contributed by atoms with E-state index < -0.39 is 0 Å². The molecule has 0 aliphatic carbocycles. The first-order valence-electron chi connectivity index (χ1n) is 12.8. The molecule has 190 valence electrons. The number of aryl methyl sites for hydroxylation is 1. The quantitative estimate of drug-likeness (QED) is 0.279. The Morgan fingerprint density at radius 1 is 1.06 bits per heavy atom. The molecule has 0 spiro atoms. The zero-order valence-electron chi connectivity index (χ0n) is 23.0. The fraction of sp³-hybridized carbons (Fsp3) is 0.344. The largest absolute Gasteiger partial charge is 0.377 e. The van der Waals surface area contributed by atoms with Crippen molar-refractivity contribution >= 4 is 11.4 Å². The summed E-state index contributed by atoms with van der Waals surface area (Å²) in [5, 5.41) is 16.1. The third-order valence-corrected chi connectivity index (χ3v) is 5.46. The van der Waals surface area contributed by atoms with E-state index in [2.05, 4.69) is 79.8 Å². The minimum absolute atomic E-state index is 0.0616. The SMILES string of the molecule is C=C.C=C(/C=C\C=C/C)C1Nc2cccc(CC)c2C(=N)C1c1cccc(CNC)c1.CC.CC. The Kier molecular flexibility index (Phi) is 16.5. The van der Waals surface area contributed by atoms with Gasteiger partial charge in [-0.15, -0.1) is 13.2 Å². The molecule has 0 bridgehead atoms. The summed E-state index contributed by atoms with van der Waals surface area (Å²) in [5.74, 6) is -0.0882. The first-order chi connectivity index (χ1) is 17.1. The fourth-order valence-corrected chi connectivity index (χ4v) is 4.07. The molecular weight excluding hydrogens is 426 g/mol. The lowest BCUT2D eigenvalue weighted by molar-refractivity contribution is 0.751. The topological polar surface area (TPSA) is 47.9 Å². The Morgan fingerprint density at radius 3 is 2.31 bits per heavy atom. The van der Waals surface area contributed by atoms with E-state index in [1.807, 2.05) is 66.0 Å². The van der Waals surface area contributed by atoms with Crippen LogP contribution in [0, 0.1) is 5.41 Å². The third kappa shape index (κ3) is 8.52. The summed E-state index contributed by atoms with van der Waals surface area (Å²) in [5.41, 5.74) is 7.30. The molecule has 0 aromatic heterocycles. The van der Waals surface area contributed by atoms with Crippen molar-refractivity contribution in [1.29, 1.82) is 5.41 Å². The van der Waals surface area contributed by atoms with Crippen LogP contribution in [0.25, 0.3) is 0 Å². The maximum atomic E-state index is 9.18. The molecule has 0 amide bonds. The van der Waals surface area contributed by atoms with Crippen molar-refractivity contribution < 1.29 is 0 Å². The smallest absolute Gasteiger partial charge is 0.0632 e. The van der Waals surface area contributed by atoms with E-state index in [1.165, 1.54) is 11.1 Å². The molecule has 3 nitrogen and oxygen atoms in total. The number of rotatable bonds is 7. The zero-order chi connectivity index (χ0) is 26.8. The molecule has 0 saturated carbocycles. The average molecular weight is 474 g/mol. The highest BCUT2D eigenvalue weighted by Crippen LogP contribution is 2.39. The van der Waals surface area contributed by atoms with E-state index in [0.717, 1.165) is 35.4 Å². The second-order valence-corrected chi connectivity index (χ2v) is 7.44. The van der Waals surface area contributed by atoms with Gasteiger partial charge in [0, 0.05) is 17.8 Å². The Hall–Kier alpha value is -3.17. The number of anilines is 1. The molecule has 0 saturated heterocycles. The van der Waals surface area contributed by atoms with Crippen LogP contribution in [0.2, 0.25) is 0 Å². The van der Waals surface area contributed by atoms with Gasteiger partial charge in [-0.1, -0.05) is 102 Å². The molecule has 1 aliphatic rings. The molecule has 2 atom stereocenters. The van der Waals surface area contributed by atoms with E-state index >= 15 is 0 Å². The standard InChI is InChI=1S/C26H31N3.2C2H6.C2H4/c1-5-7-8-11-18(3)26-24(21-14-9-12-19(16-21)17-28-4)25(27)23-20(6-2)13-10-15-22(23)29-26;3*1-2/h5,7-16,24,26-29H,3,6,17H2,1-2,4H3;2*1-2H3;1-2H2/b7-5-,11-8-,27-25?;;;. The molecule has 3 heteroatoms. The molecule has 2 aromatic rings. The van der Waals surface area contributed by atoms with Crippen molar-refractivity contribution in [1.82, 2.24) is 5.32 Å². The predicted molar refractivity (Wildman–Crippen MR) is 159 cm³/mol. The maximum absolute atomic E-state index is 9.18. The molecule has 3 N–H and O–H groups in total. The summed E-state index contributed by atoms with van der Waals surface area (Å²) in [6.07, 6.45) is 8.98. The maximum Gasteiger partial charge on any atom is 0.0632 e. The third-order valence-electron chi connectivity index (χ3n) is 5.46. The summed E-state index contributed by atoms with van der Waals surface area (Å²) in [6, 6.07) is 14.8. The number of hydrogen-bond donors (Lipinski definition) is 3. The summed E-state index contributed by atoms with van der Waals surface area (Å²) in [7, 11) is 1.96. The second-order valence-electron chi connectivity index (χ2n) is 7.44. The van der Waals surface area contributed by atoms with Gasteiger partial charge in [0.25, 0.3) is 0 Å². The summed E-state index contributed by atoms with van der Waals surface area (Å²) >= 11 is 0. The van der Waals surface area contributed by atoms with Gasteiger partial charge in [-0.2, -0.15) is 0 Å². The van der Waals surface area contributed by atoms with Crippen LogP contribution in [-0.4, -0.2) is 18.8 Å². The summed E-state index contributed by atoms with van der Waals surface area (Å²) in [4.78, 5) is 0. The Morgan fingerprint density at radius 2 is 1.71 bits per heavy atom. The second kappa shape index (κ2) is 18.2. The Labute approximate surface area is 215 Å². The van der Waals surface area contributed by atoms with Crippen LogP contribution >= 0.6 is 0 Å². The first-order valence-corrected chi connectivity index (χ1v) is 12.8. The molecule has 0 fully saturated rings. The minimum Gasteiger partial charge on any atom is -0.377 e. The minimum atomic E-state index is -0.0882. The van der Waals surface area contributed by atoms with Crippen molar-refractivity contribution in [3.8, 4) is 0 Å². The van der Waals surface area contributed by atoms with Gasteiger partial charge in [-0.05, 0) is 48.7 Å². The lowest BCUT2D eigenvalue weighted by atomic mass is 9.76. The van der Waals surface area contributed by atoms with Crippen LogP contribution < -0.4 is 10.6 Å². The van der Waals surface area contributed by atoms with Gasteiger partial charge >= 0.3 is 0 Å². The van der Waals surface area contributed by atoms with Gasteiger partial charge in [0.2, 0.25) is 0 Å². The Balaban J connectivity index is 0.00000179. The van der Waals surface area contributed by atoms with Gasteiger partial charge in [-0.25, -0.2) is 0 Å². The number of nitrogens with one attached hydrogen (secondary N) is 3. The van der Waals surface area contributed by atoms with E-state index in [9.17, 15) is 5.41 Å². The average Bonchev–Trinajstić information content (AvgIpc) is 2.92. The van der Waals surface area contributed by atoms with Gasteiger partial charge in [-0.3, -0.25) is 0 Å². The van der Waals surface area contributed by atoms with Crippen molar-refractivity contribution in [3.63, 3.8) is 0 Å². The number of hydrogen-bond acceptors (Lipinski definition) is 3. The van der Waals surface area contributed by atoms with Crippen LogP contribution in [0.5, 0.6) is 0 Å². The zero-order valence-corrected chi connectivity index (χ0v) is 23.0. The van der Waals surface area contributed by atoms with Crippen LogP contribution in [0.3, 0.4) is 0 Å². The normalized spacial score (nSPS) is 16.0. The van der Waals surface area contributed by atoms with Crippen molar-refractivity contribution in [2.24, 2.45) is 0 Å². The first kappa shape index (κ1) is 31.8. The van der Waals surface area contributed by atoms with Crippen molar-refractivity contribution in [3.05, 3.63) is 114 Å². The molecule has 0 radical (unpaired) electrons. The van der Waals surface area contributed by atoms with Gasteiger partial charge in [0.05, 0.1) is 17.7 Å². The van der Waals surface area contributed by atoms with Crippen molar-refractivity contribution in [2.45, 2.75) is 66.5 Å². The highest BCUT2D eigenvalue weighted by atomic mass is 15.0. The monoisotopic (exact) mass is 473 g/mol. The van der Waals surface area contributed by atoms with E-state index in [1.54, 1.807) is 0 Å². The molecule has 2 aromatic carbocycles. The van der Waals surface area contributed by atoms with E-state index in [4.69, 9.17) is 0 Å². The predicted octanol–water partition coefficient (Wildman–Crippen LogP) is 8.46. The summed E-state index contributed by atoms with van der Waals surface area (Å²) < 4.78 is 0. The van der Waals surface area contributed by atoms with Crippen molar-refractivity contribution in [2.75, 3.05) is 12.4 Å². The summed E-state index contributed by atoms with van der Waals surface area (Å²) in [6.45, 7) is 23.3. The van der Waals surface area contributed by atoms with Crippen LogP contribution in [0.1, 0.15) is 69.7 Å². The lowest BCUT2D eigenvalue weighted by Crippen LogP contribution is -2.39. The fourth-order valence-electron chi connectivity index (χ4n) is 4.07. The highest BCUT2D eigenvalue weighted by molar-refractivity contribution is 6.11. The van der Waals surface area contributed by atoms with Gasteiger partial charge in [0.15, 0.2) is 0 Å². The highest BCUT2D eigenvalue weighted by Gasteiger charge is 2.35. The number of allylic oxidation sites excluding steroid dienone is 3. The van der Waals surface area contributed by atoms with E-state index in [-0.39, 0.29) is 12.0 Å². The lowest BCUT2D eigenvalue weighted by Gasteiger charge is -2.37. The molecular formula is C32H47N3.